The summed E-state index contributed by atoms with van der Waals surface area (Å²) in [5.74, 6) is 0.450. The Hall–Kier alpha value is -1.11. The molecule has 7 heteroatoms. The van der Waals surface area contributed by atoms with Gasteiger partial charge in [-0.05, 0) is 19.1 Å². The minimum Gasteiger partial charge on any atom is -0.370 e. The maximum atomic E-state index is 5.86. The molecule has 0 aliphatic carbocycles. The molecule has 2 rings (SSSR count). The molecule has 0 amide bonds. The molecule has 0 fully saturated rings. The third-order valence-corrected chi connectivity index (χ3v) is 3.52. The highest BCUT2D eigenvalue weighted by Gasteiger charge is 2.04. The largest absolute Gasteiger partial charge is 0.370 e. The van der Waals surface area contributed by atoms with Gasteiger partial charge >= 0.3 is 0 Å². The summed E-state index contributed by atoms with van der Waals surface area (Å²) in [4.78, 5) is 8.74. The van der Waals surface area contributed by atoms with Gasteiger partial charge in [-0.25, -0.2) is 9.98 Å². The van der Waals surface area contributed by atoms with E-state index in [0.717, 1.165) is 27.8 Å². The van der Waals surface area contributed by atoms with Crippen molar-refractivity contribution in [3.8, 4) is 11.3 Å². The van der Waals surface area contributed by atoms with E-state index in [1.807, 2.05) is 36.6 Å². The number of halogens is 2. The molecule has 20 heavy (non-hydrogen) atoms. The first-order chi connectivity index (χ1) is 9.19. The average molecular weight is 376 g/mol. The summed E-state index contributed by atoms with van der Waals surface area (Å²) in [6.45, 7) is 3.24. The molecule has 1 aromatic carbocycles. The highest BCUT2D eigenvalue weighted by molar-refractivity contribution is 8.93. The summed E-state index contributed by atoms with van der Waals surface area (Å²) >= 11 is 7.44. The van der Waals surface area contributed by atoms with Crippen molar-refractivity contribution in [3.05, 3.63) is 39.7 Å². The molecule has 3 N–H and O–H groups in total. The Labute approximate surface area is 137 Å². The van der Waals surface area contributed by atoms with Gasteiger partial charge < -0.3 is 11.1 Å². The van der Waals surface area contributed by atoms with Crippen LogP contribution in [-0.4, -0.2) is 17.5 Å². The Kier molecular flexibility index (Phi) is 6.98. The van der Waals surface area contributed by atoms with Crippen molar-refractivity contribution in [1.29, 1.82) is 0 Å². The summed E-state index contributed by atoms with van der Waals surface area (Å²) in [7, 11) is 0. The summed E-state index contributed by atoms with van der Waals surface area (Å²) in [6, 6.07) is 7.63. The van der Waals surface area contributed by atoms with Crippen LogP contribution in [0.1, 0.15) is 11.9 Å². The maximum Gasteiger partial charge on any atom is 0.188 e. The number of rotatable bonds is 4. The molecule has 0 bridgehead atoms. The molecule has 0 aliphatic rings. The molecule has 0 atom stereocenters. The fourth-order valence-corrected chi connectivity index (χ4v) is 2.38. The Bertz CT molecular complexity index is 568. The predicted molar refractivity (Wildman–Crippen MR) is 91.9 cm³/mol. The van der Waals surface area contributed by atoms with Gasteiger partial charge in [0.1, 0.15) is 5.01 Å². The lowest BCUT2D eigenvalue weighted by molar-refractivity contribution is 0.922. The van der Waals surface area contributed by atoms with Crippen molar-refractivity contribution in [1.82, 2.24) is 10.3 Å². The first-order valence-corrected chi connectivity index (χ1v) is 7.19. The fraction of sp³-hybridized carbons (Fsp3) is 0.231. The van der Waals surface area contributed by atoms with Crippen LogP contribution in [0.2, 0.25) is 5.02 Å². The maximum absolute atomic E-state index is 5.86. The Morgan fingerprint density at radius 1 is 1.40 bits per heavy atom. The number of aliphatic imine (C=N–C) groups is 1. The lowest BCUT2D eigenvalue weighted by Crippen LogP contribution is -2.31. The lowest BCUT2D eigenvalue weighted by atomic mass is 10.2. The molecule has 0 saturated carbocycles. The van der Waals surface area contributed by atoms with Gasteiger partial charge in [0.05, 0.1) is 12.2 Å². The van der Waals surface area contributed by atoms with Gasteiger partial charge in [-0.1, -0.05) is 23.7 Å². The molecule has 0 spiro atoms. The smallest absolute Gasteiger partial charge is 0.188 e. The van der Waals surface area contributed by atoms with Crippen molar-refractivity contribution in [2.45, 2.75) is 13.5 Å². The first kappa shape index (κ1) is 16.9. The second kappa shape index (κ2) is 8.24. The van der Waals surface area contributed by atoms with Crippen molar-refractivity contribution >= 4 is 45.9 Å². The van der Waals surface area contributed by atoms with E-state index in [0.29, 0.717) is 12.5 Å². The normalized spacial score (nSPS) is 11.0. The third-order valence-electron chi connectivity index (χ3n) is 2.43. The summed E-state index contributed by atoms with van der Waals surface area (Å²) < 4.78 is 0. The zero-order chi connectivity index (χ0) is 13.7. The monoisotopic (exact) mass is 374 g/mol. The number of thiazole rings is 1. The van der Waals surface area contributed by atoms with Crippen LogP contribution in [0.5, 0.6) is 0 Å². The van der Waals surface area contributed by atoms with Gasteiger partial charge in [0, 0.05) is 22.5 Å². The number of aromatic nitrogens is 1. The van der Waals surface area contributed by atoms with Crippen LogP contribution in [0, 0.1) is 0 Å². The number of hydrogen-bond acceptors (Lipinski definition) is 3. The number of benzene rings is 1. The van der Waals surface area contributed by atoms with Crippen LogP contribution >= 0.6 is 39.9 Å². The van der Waals surface area contributed by atoms with E-state index in [1.165, 1.54) is 0 Å². The average Bonchev–Trinajstić information content (AvgIpc) is 2.86. The number of nitrogens with one attached hydrogen (secondary N) is 1. The standard InChI is InChI=1S/C13H15ClN4S.BrH/c1-2-16-13(15)17-7-12-18-11(8-19-12)9-3-5-10(14)6-4-9;/h3-6,8H,2,7H2,1H3,(H3,15,16,17);1H. The van der Waals surface area contributed by atoms with Crippen LogP contribution in [0.4, 0.5) is 0 Å². The Morgan fingerprint density at radius 2 is 2.10 bits per heavy atom. The first-order valence-electron chi connectivity index (χ1n) is 5.93. The quantitative estimate of drug-likeness (QED) is 0.635. The molecule has 108 valence electrons. The SMILES string of the molecule is Br.CCNC(N)=NCc1nc(-c2ccc(Cl)cc2)cs1. The molecule has 0 radical (unpaired) electrons. The second-order valence-corrected chi connectivity index (χ2v) is 5.24. The zero-order valence-corrected chi connectivity index (χ0v) is 14.3. The molecule has 1 heterocycles. The molecule has 0 aliphatic heterocycles. The van der Waals surface area contributed by atoms with Gasteiger partial charge in [0.15, 0.2) is 5.96 Å². The number of nitrogens with zero attached hydrogens (tertiary/aromatic N) is 2. The van der Waals surface area contributed by atoms with Crippen molar-refractivity contribution in [3.63, 3.8) is 0 Å². The van der Waals surface area contributed by atoms with E-state index < -0.39 is 0 Å². The van der Waals surface area contributed by atoms with Crippen LogP contribution in [-0.2, 0) is 6.54 Å². The molecule has 0 unspecified atom stereocenters. The third kappa shape index (κ3) is 4.77. The lowest BCUT2D eigenvalue weighted by Gasteiger charge is -1.99. The van der Waals surface area contributed by atoms with Gasteiger partial charge in [-0.15, -0.1) is 28.3 Å². The number of hydrogen-bond donors (Lipinski definition) is 2. The zero-order valence-electron chi connectivity index (χ0n) is 11.0. The van der Waals surface area contributed by atoms with E-state index in [9.17, 15) is 0 Å². The highest BCUT2D eigenvalue weighted by Crippen LogP contribution is 2.23. The minimum absolute atomic E-state index is 0. The van der Waals surface area contributed by atoms with Gasteiger partial charge in [-0.3, -0.25) is 0 Å². The van der Waals surface area contributed by atoms with Crippen LogP contribution in [0.25, 0.3) is 11.3 Å². The van der Waals surface area contributed by atoms with Gasteiger partial charge in [0.2, 0.25) is 0 Å². The van der Waals surface area contributed by atoms with Crippen molar-refractivity contribution < 1.29 is 0 Å². The molecular weight excluding hydrogens is 360 g/mol. The summed E-state index contributed by atoms with van der Waals surface area (Å²) in [5, 5.41) is 6.62. The van der Waals surface area contributed by atoms with Gasteiger partial charge in [0.25, 0.3) is 0 Å². The van der Waals surface area contributed by atoms with Crippen LogP contribution in [0.3, 0.4) is 0 Å². The van der Waals surface area contributed by atoms with E-state index in [4.69, 9.17) is 17.3 Å². The Morgan fingerprint density at radius 3 is 2.75 bits per heavy atom. The van der Waals surface area contributed by atoms with E-state index in [1.54, 1.807) is 11.3 Å². The molecule has 4 nitrogen and oxygen atoms in total. The summed E-state index contributed by atoms with van der Waals surface area (Å²) in [5.41, 5.74) is 7.66. The van der Waals surface area contributed by atoms with Crippen LogP contribution < -0.4 is 11.1 Å². The Balaban J connectivity index is 0.00000200. The van der Waals surface area contributed by atoms with Gasteiger partial charge in [-0.2, -0.15) is 0 Å². The topological polar surface area (TPSA) is 63.3 Å². The fourth-order valence-electron chi connectivity index (χ4n) is 1.53. The minimum atomic E-state index is 0. The molecule has 1 aromatic heterocycles. The molecule has 2 aromatic rings. The predicted octanol–water partition coefficient (Wildman–Crippen LogP) is 3.47. The van der Waals surface area contributed by atoms with E-state index in [-0.39, 0.29) is 17.0 Å². The van der Waals surface area contributed by atoms with Crippen LogP contribution in [0.15, 0.2) is 34.6 Å². The second-order valence-electron chi connectivity index (χ2n) is 3.87. The van der Waals surface area contributed by atoms with E-state index in [2.05, 4.69) is 15.3 Å². The van der Waals surface area contributed by atoms with Crippen molar-refractivity contribution in [2.75, 3.05) is 6.54 Å². The molecular formula is C13H16BrClN4S. The number of guanidine groups is 1. The van der Waals surface area contributed by atoms with Crippen molar-refractivity contribution in [2.24, 2.45) is 10.7 Å². The number of nitrogens with two attached hydrogens (primary N) is 1. The molecule has 0 saturated heterocycles. The van der Waals surface area contributed by atoms with E-state index >= 15 is 0 Å². The highest BCUT2D eigenvalue weighted by atomic mass is 79.9. The summed E-state index contributed by atoms with van der Waals surface area (Å²) in [6.07, 6.45) is 0.